The number of rotatable bonds is 2. The van der Waals surface area contributed by atoms with Crippen molar-refractivity contribution in [3.63, 3.8) is 0 Å². The molecule has 0 aliphatic rings. The number of hydrogen-bond donors (Lipinski definition) is 0. The van der Waals surface area contributed by atoms with Gasteiger partial charge in [0.1, 0.15) is 5.76 Å². The van der Waals surface area contributed by atoms with Gasteiger partial charge >= 0.3 is 0 Å². The van der Waals surface area contributed by atoms with Crippen molar-refractivity contribution in [3.8, 4) is 0 Å². The third-order valence-electron chi connectivity index (χ3n) is 1.44. The van der Waals surface area contributed by atoms with Gasteiger partial charge < -0.3 is 4.42 Å². The smallest absolute Gasteiger partial charge is 0.133 e. The fraction of sp³-hybridized carbons (Fsp3) is 0.273. The predicted molar refractivity (Wildman–Crippen MR) is 55.0 cm³/mol. The fourth-order valence-corrected chi connectivity index (χ4v) is 0.893. The van der Waals surface area contributed by atoms with Gasteiger partial charge in [0.2, 0.25) is 0 Å². The SMILES string of the molecule is C=Cc1occ(C)c1C=C.CC. The van der Waals surface area contributed by atoms with E-state index in [1.165, 1.54) is 0 Å². The van der Waals surface area contributed by atoms with Gasteiger partial charge in [-0.3, -0.25) is 0 Å². The Labute approximate surface area is 74.4 Å². The van der Waals surface area contributed by atoms with Gasteiger partial charge in [0, 0.05) is 5.56 Å². The quantitative estimate of drug-likeness (QED) is 0.646. The Bertz CT molecular complexity index is 256. The average Bonchev–Trinajstić information content (AvgIpc) is 2.49. The van der Waals surface area contributed by atoms with Crippen molar-refractivity contribution in [1.29, 1.82) is 0 Å². The Kier molecular flexibility index (Phi) is 4.86. The zero-order chi connectivity index (χ0) is 9.56. The van der Waals surface area contributed by atoms with Crippen LogP contribution in [0.1, 0.15) is 30.7 Å². The van der Waals surface area contributed by atoms with Gasteiger partial charge in [-0.25, -0.2) is 0 Å². The van der Waals surface area contributed by atoms with E-state index in [1.807, 2.05) is 20.8 Å². The molecule has 66 valence electrons. The summed E-state index contributed by atoms with van der Waals surface area (Å²) in [6.45, 7) is 13.3. The minimum atomic E-state index is 0.799. The standard InChI is InChI=1S/C9H10O.C2H6/c1-4-8-7(3)6-10-9(8)5-2;1-2/h4-6H,1-2H2,3H3;1-2H3. The van der Waals surface area contributed by atoms with E-state index in [9.17, 15) is 0 Å². The Balaban J connectivity index is 0.000000561. The lowest BCUT2D eigenvalue weighted by Gasteiger charge is -1.88. The summed E-state index contributed by atoms with van der Waals surface area (Å²) >= 11 is 0. The molecule has 12 heavy (non-hydrogen) atoms. The van der Waals surface area contributed by atoms with Gasteiger partial charge in [0.05, 0.1) is 6.26 Å². The number of furan rings is 1. The van der Waals surface area contributed by atoms with E-state index in [2.05, 4.69) is 13.2 Å². The highest BCUT2D eigenvalue weighted by atomic mass is 16.3. The molecule has 1 aromatic heterocycles. The molecule has 1 heterocycles. The highest BCUT2D eigenvalue weighted by Crippen LogP contribution is 2.17. The Morgan fingerprint density at radius 1 is 1.25 bits per heavy atom. The average molecular weight is 164 g/mol. The summed E-state index contributed by atoms with van der Waals surface area (Å²) in [5.74, 6) is 0.799. The van der Waals surface area contributed by atoms with Gasteiger partial charge in [0.25, 0.3) is 0 Å². The van der Waals surface area contributed by atoms with E-state index in [4.69, 9.17) is 4.42 Å². The molecular formula is C11H16O. The van der Waals surface area contributed by atoms with E-state index in [0.29, 0.717) is 0 Å². The second-order valence-corrected chi connectivity index (χ2v) is 2.10. The van der Waals surface area contributed by atoms with E-state index < -0.39 is 0 Å². The molecule has 0 aromatic carbocycles. The maximum Gasteiger partial charge on any atom is 0.133 e. The molecule has 0 unspecified atom stereocenters. The third kappa shape index (κ3) is 2.12. The lowest BCUT2D eigenvalue weighted by atomic mass is 10.1. The molecule has 0 aliphatic carbocycles. The second kappa shape index (κ2) is 5.42. The highest BCUT2D eigenvalue weighted by molar-refractivity contribution is 5.62. The monoisotopic (exact) mass is 164 g/mol. The molecule has 0 atom stereocenters. The van der Waals surface area contributed by atoms with Crippen molar-refractivity contribution in [2.24, 2.45) is 0 Å². The maximum atomic E-state index is 5.15. The van der Waals surface area contributed by atoms with Gasteiger partial charge in [-0.15, -0.1) is 0 Å². The predicted octanol–water partition coefficient (Wildman–Crippen LogP) is 3.90. The fourth-order valence-electron chi connectivity index (χ4n) is 0.893. The largest absolute Gasteiger partial charge is 0.464 e. The van der Waals surface area contributed by atoms with E-state index in [0.717, 1.165) is 16.9 Å². The first-order chi connectivity index (χ1) is 5.79. The van der Waals surface area contributed by atoms with Crippen molar-refractivity contribution in [2.45, 2.75) is 20.8 Å². The molecule has 1 rings (SSSR count). The van der Waals surface area contributed by atoms with Crippen LogP contribution >= 0.6 is 0 Å². The molecule has 1 heteroatoms. The lowest BCUT2D eigenvalue weighted by Crippen LogP contribution is -1.72. The molecule has 0 saturated heterocycles. The Hall–Kier alpha value is -1.24. The summed E-state index contributed by atoms with van der Waals surface area (Å²) in [6.07, 6.45) is 5.16. The molecular weight excluding hydrogens is 148 g/mol. The molecule has 0 spiro atoms. The molecule has 0 fully saturated rings. The van der Waals surface area contributed by atoms with Gasteiger partial charge in [-0.2, -0.15) is 0 Å². The van der Waals surface area contributed by atoms with Crippen LogP contribution in [-0.2, 0) is 0 Å². The van der Waals surface area contributed by atoms with Crippen LogP contribution in [0.3, 0.4) is 0 Å². The van der Waals surface area contributed by atoms with Crippen LogP contribution in [0.25, 0.3) is 12.2 Å². The maximum absolute atomic E-state index is 5.15. The second-order valence-electron chi connectivity index (χ2n) is 2.10. The summed E-state index contributed by atoms with van der Waals surface area (Å²) in [5, 5.41) is 0. The van der Waals surface area contributed by atoms with Crippen LogP contribution in [0.2, 0.25) is 0 Å². The first-order valence-corrected chi connectivity index (χ1v) is 4.12. The Morgan fingerprint density at radius 2 is 1.83 bits per heavy atom. The highest BCUT2D eigenvalue weighted by Gasteiger charge is 2.01. The summed E-state index contributed by atoms with van der Waals surface area (Å²) < 4.78 is 5.15. The molecule has 0 saturated carbocycles. The molecule has 0 radical (unpaired) electrons. The molecule has 0 N–H and O–H groups in total. The van der Waals surface area contributed by atoms with Crippen LogP contribution < -0.4 is 0 Å². The molecule has 0 bridgehead atoms. The number of aryl methyl sites for hydroxylation is 1. The van der Waals surface area contributed by atoms with Crippen molar-refractivity contribution >= 4 is 12.2 Å². The van der Waals surface area contributed by atoms with E-state index in [1.54, 1.807) is 18.4 Å². The molecule has 1 aromatic rings. The van der Waals surface area contributed by atoms with E-state index in [-0.39, 0.29) is 0 Å². The normalized spacial score (nSPS) is 8.25. The summed E-state index contributed by atoms with van der Waals surface area (Å²) in [6, 6.07) is 0. The number of hydrogen-bond acceptors (Lipinski definition) is 1. The zero-order valence-electron chi connectivity index (χ0n) is 8.05. The van der Waals surface area contributed by atoms with Crippen LogP contribution in [0.15, 0.2) is 23.8 Å². The van der Waals surface area contributed by atoms with Crippen molar-refractivity contribution in [2.75, 3.05) is 0 Å². The first kappa shape index (κ1) is 10.8. The summed E-state index contributed by atoms with van der Waals surface area (Å²) in [4.78, 5) is 0. The Morgan fingerprint density at radius 3 is 2.17 bits per heavy atom. The first-order valence-electron chi connectivity index (χ1n) is 4.12. The summed E-state index contributed by atoms with van der Waals surface area (Å²) in [7, 11) is 0. The van der Waals surface area contributed by atoms with Crippen molar-refractivity contribution < 1.29 is 4.42 Å². The van der Waals surface area contributed by atoms with E-state index >= 15 is 0 Å². The zero-order valence-corrected chi connectivity index (χ0v) is 8.05. The van der Waals surface area contributed by atoms with Crippen molar-refractivity contribution in [1.82, 2.24) is 0 Å². The van der Waals surface area contributed by atoms with Crippen LogP contribution in [-0.4, -0.2) is 0 Å². The third-order valence-corrected chi connectivity index (χ3v) is 1.44. The minimum Gasteiger partial charge on any atom is -0.464 e. The van der Waals surface area contributed by atoms with Crippen LogP contribution in [0, 0.1) is 6.92 Å². The topological polar surface area (TPSA) is 13.1 Å². The van der Waals surface area contributed by atoms with Crippen molar-refractivity contribution in [3.05, 3.63) is 36.3 Å². The minimum absolute atomic E-state index is 0.799. The van der Waals surface area contributed by atoms with Gasteiger partial charge in [0.15, 0.2) is 0 Å². The lowest BCUT2D eigenvalue weighted by molar-refractivity contribution is 0.555. The molecule has 1 nitrogen and oxygen atoms in total. The van der Waals surface area contributed by atoms with Crippen LogP contribution in [0.4, 0.5) is 0 Å². The van der Waals surface area contributed by atoms with Crippen LogP contribution in [0.5, 0.6) is 0 Å². The molecule has 0 aliphatic heterocycles. The molecule has 0 amide bonds. The van der Waals surface area contributed by atoms with Gasteiger partial charge in [-0.1, -0.05) is 33.1 Å². The van der Waals surface area contributed by atoms with Gasteiger partial charge in [-0.05, 0) is 18.6 Å². The summed E-state index contributed by atoms with van der Waals surface area (Å²) in [5.41, 5.74) is 2.14.